The van der Waals surface area contributed by atoms with Crippen LogP contribution < -0.4 is 11.1 Å². The average molecular weight is 355 g/mol. The Morgan fingerprint density at radius 1 is 1.29 bits per heavy atom. The molecule has 1 aliphatic carbocycles. The van der Waals surface area contributed by atoms with Crippen LogP contribution in [0.2, 0.25) is 0 Å². The van der Waals surface area contributed by atoms with Crippen molar-refractivity contribution in [3.8, 4) is 0 Å². The van der Waals surface area contributed by atoms with Gasteiger partial charge in [0.15, 0.2) is 0 Å². The number of nitrogens with two attached hydrogens (primary N) is 1. The van der Waals surface area contributed by atoms with E-state index in [1.807, 2.05) is 31.2 Å². The van der Waals surface area contributed by atoms with Crippen LogP contribution >= 0.6 is 12.4 Å². The number of aryl methyl sites for hydroxylation is 1. The standard InChI is InChI=1S/C19H30N2O2.ClH/c1-4-19(5-2)16(13-17(19)23-6-3)21-18(22)12-11-14-9-7-8-10-15(14)20;/h7-10,16-17H,4-6,11-13,20H2,1-3H3,(H,21,22);1H. The van der Waals surface area contributed by atoms with Crippen molar-refractivity contribution < 1.29 is 9.53 Å². The van der Waals surface area contributed by atoms with E-state index in [1.54, 1.807) is 0 Å². The van der Waals surface area contributed by atoms with Gasteiger partial charge >= 0.3 is 0 Å². The van der Waals surface area contributed by atoms with E-state index in [0.29, 0.717) is 12.8 Å². The summed E-state index contributed by atoms with van der Waals surface area (Å²) in [7, 11) is 0. The highest BCUT2D eigenvalue weighted by atomic mass is 35.5. The lowest BCUT2D eigenvalue weighted by Crippen LogP contribution is -2.64. The topological polar surface area (TPSA) is 64.3 Å². The van der Waals surface area contributed by atoms with Gasteiger partial charge in [-0.25, -0.2) is 0 Å². The number of amides is 1. The van der Waals surface area contributed by atoms with Crippen molar-refractivity contribution in [3.63, 3.8) is 0 Å². The number of anilines is 1. The minimum Gasteiger partial charge on any atom is -0.399 e. The predicted octanol–water partition coefficient (Wildman–Crippen LogP) is 3.72. The van der Waals surface area contributed by atoms with E-state index in [2.05, 4.69) is 19.2 Å². The molecule has 2 unspecified atom stereocenters. The summed E-state index contributed by atoms with van der Waals surface area (Å²) in [4.78, 5) is 12.3. The van der Waals surface area contributed by atoms with Crippen LogP contribution in [0.1, 0.15) is 52.0 Å². The minimum atomic E-state index is 0. The van der Waals surface area contributed by atoms with E-state index in [0.717, 1.165) is 37.1 Å². The first kappa shape index (κ1) is 20.8. The molecule has 4 nitrogen and oxygen atoms in total. The molecule has 2 atom stereocenters. The molecule has 0 spiro atoms. The molecule has 0 radical (unpaired) electrons. The summed E-state index contributed by atoms with van der Waals surface area (Å²) in [5.41, 5.74) is 7.83. The Hall–Kier alpha value is -1.26. The van der Waals surface area contributed by atoms with Crippen molar-refractivity contribution in [1.82, 2.24) is 5.32 Å². The fourth-order valence-corrected chi connectivity index (χ4v) is 3.86. The third-order valence-electron chi connectivity index (χ3n) is 5.48. The molecule has 1 saturated carbocycles. The first-order chi connectivity index (χ1) is 11.1. The van der Waals surface area contributed by atoms with E-state index < -0.39 is 0 Å². The largest absolute Gasteiger partial charge is 0.399 e. The normalized spacial score (nSPS) is 21.5. The summed E-state index contributed by atoms with van der Waals surface area (Å²) in [6.07, 6.45) is 4.43. The summed E-state index contributed by atoms with van der Waals surface area (Å²) in [5.74, 6) is 0.111. The molecule has 1 aromatic carbocycles. The highest BCUT2D eigenvalue weighted by Crippen LogP contribution is 2.48. The molecule has 0 aromatic heterocycles. The lowest BCUT2D eigenvalue weighted by Gasteiger charge is -2.55. The Labute approximate surface area is 151 Å². The Kier molecular flexibility index (Phi) is 8.04. The van der Waals surface area contributed by atoms with E-state index in [1.165, 1.54) is 0 Å². The maximum absolute atomic E-state index is 12.3. The van der Waals surface area contributed by atoms with Gasteiger partial charge in [0, 0.05) is 30.2 Å². The quantitative estimate of drug-likeness (QED) is 0.699. The number of halogens is 1. The van der Waals surface area contributed by atoms with Crippen LogP contribution in [0, 0.1) is 5.41 Å². The predicted molar refractivity (Wildman–Crippen MR) is 101 cm³/mol. The van der Waals surface area contributed by atoms with Crippen molar-refractivity contribution >= 4 is 24.0 Å². The van der Waals surface area contributed by atoms with E-state index in [-0.39, 0.29) is 35.9 Å². The molecular formula is C19H31ClN2O2. The smallest absolute Gasteiger partial charge is 0.220 e. The molecule has 0 bridgehead atoms. The number of carbonyl (C=O) groups excluding carboxylic acids is 1. The molecule has 0 heterocycles. The van der Waals surface area contributed by atoms with E-state index >= 15 is 0 Å². The van der Waals surface area contributed by atoms with Gasteiger partial charge in [-0.15, -0.1) is 12.4 Å². The fourth-order valence-electron chi connectivity index (χ4n) is 3.86. The SMILES string of the molecule is CCOC1CC(NC(=O)CCc2ccccc2N)C1(CC)CC.Cl. The second kappa shape index (κ2) is 9.28. The number of nitrogens with one attached hydrogen (secondary N) is 1. The van der Waals surface area contributed by atoms with Gasteiger partial charge in [-0.2, -0.15) is 0 Å². The number of ether oxygens (including phenoxy) is 1. The summed E-state index contributed by atoms with van der Waals surface area (Å²) in [5, 5.41) is 3.23. The molecule has 1 amide bonds. The Bertz CT molecular complexity index is 532. The van der Waals surface area contributed by atoms with Gasteiger partial charge in [-0.3, -0.25) is 4.79 Å². The van der Waals surface area contributed by atoms with Crippen molar-refractivity contribution in [3.05, 3.63) is 29.8 Å². The number of hydrogen-bond donors (Lipinski definition) is 2. The number of nitrogen functional groups attached to an aromatic ring is 1. The molecule has 5 heteroatoms. The molecule has 1 fully saturated rings. The second-order valence-electron chi connectivity index (χ2n) is 6.44. The second-order valence-corrected chi connectivity index (χ2v) is 6.44. The monoisotopic (exact) mass is 354 g/mol. The Morgan fingerprint density at radius 2 is 1.96 bits per heavy atom. The van der Waals surface area contributed by atoms with Gasteiger partial charge in [-0.1, -0.05) is 32.0 Å². The van der Waals surface area contributed by atoms with Crippen molar-refractivity contribution in [2.45, 2.75) is 65.0 Å². The van der Waals surface area contributed by atoms with E-state index in [9.17, 15) is 4.79 Å². The molecule has 0 aliphatic heterocycles. The molecule has 24 heavy (non-hydrogen) atoms. The van der Waals surface area contributed by atoms with Gasteiger partial charge in [0.05, 0.1) is 6.10 Å². The van der Waals surface area contributed by atoms with Crippen LogP contribution in [0.5, 0.6) is 0 Å². The maximum Gasteiger partial charge on any atom is 0.220 e. The number of carbonyl (C=O) groups is 1. The molecular weight excluding hydrogens is 324 g/mol. The highest BCUT2D eigenvalue weighted by molar-refractivity contribution is 5.85. The van der Waals surface area contributed by atoms with Crippen LogP contribution in [0.4, 0.5) is 5.69 Å². The third kappa shape index (κ3) is 4.22. The third-order valence-corrected chi connectivity index (χ3v) is 5.48. The van der Waals surface area contributed by atoms with Crippen LogP contribution in [0.15, 0.2) is 24.3 Å². The Morgan fingerprint density at radius 3 is 2.54 bits per heavy atom. The molecule has 1 aromatic rings. The molecule has 0 saturated heterocycles. The van der Waals surface area contributed by atoms with Gasteiger partial charge in [0.2, 0.25) is 5.91 Å². The lowest BCUT2D eigenvalue weighted by molar-refractivity contribution is -0.148. The first-order valence-electron chi connectivity index (χ1n) is 8.81. The first-order valence-corrected chi connectivity index (χ1v) is 8.81. The lowest BCUT2D eigenvalue weighted by atomic mass is 9.58. The summed E-state index contributed by atoms with van der Waals surface area (Å²) in [6.45, 7) is 7.16. The van der Waals surface area contributed by atoms with Crippen LogP contribution in [-0.4, -0.2) is 24.7 Å². The van der Waals surface area contributed by atoms with Crippen molar-refractivity contribution in [2.75, 3.05) is 12.3 Å². The minimum absolute atomic E-state index is 0. The van der Waals surface area contributed by atoms with Crippen molar-refractivity contribution in [1.29, 1.82) is 0 Å². The van der Waals surface area contributed by atoms with Crippen LogP contribution in [0.25, 0.3) is 0 Å². The maximum atomic E-state index is 12.3. The zero-order chi connectivity index (χ0) is 16.9. The number of para-hydroxylation sites is 1. The van der Waals surface area contributed by atoms with Crippen molar-refractivity contribution in [2.24, 2.45) is 5.41 Å². The average Bonchev–Trinajstić information content (AvgIpc) is 2.54. The van der Waals surface area contributed by atoms with Gasteiger partial charge in [-0.05, 0) is 44.2 Å². The zero-order valence-electron chi connectivity index (χ0n) is 15.0. The van der Waals surface area contributed by atoms with Crippen LogP contribution in [-0.2, 0) is 16.0 Å². The molecule has 1 aliphatic rings. The summed E-state index contributed by atoms with van der Waals surface area (Å²) >= 11 is 0. The van der Waals surface area contributed by atoms with E-state index in [4.69, 9.17) is 10.5 Å². The molecule has 136 valence electrons. The summed E-state index contributed by atoms with van der Waals surface area (Å²) in [6, 6.07) is 7.97. The number of benzene rings is 1. The summed E-state index contributed by atoms with van der Waals surface area (Å²) < 4.78 is 5.86. The number of rotatable bonds is 8. The highest BCUT2D eigenvalue weighted by Gasteiger charge is 2.53. The molecule has 3 N–H and O–H groups in total. The number of hydrogen-bond acceptors (Lipinski definition) is 3. The van der Waals surface area contributed by atoms with Gasteiger partial charge < -0.3 is 15.8 Å². The van der Waals surface area contributed by atoms with Gasteiger partial charge in [0.25, 0.3) is 0 Å². The fraction of sp³-hybridized carbons (Fsp3) is 0.632. The zero-order valence-corrected chi connectivity index (χ0v) is 15.8. The molecule has 2 rings (SSSR count). The Balaban J connectivity index is 0.00000288. The van der Waals surface area contributed by atoms with Gasteiger partial charge in [0.1, 0.15) is 0 Å². The van der Waals surface area contributed by atoms with Crippen LogP contribution in [0.3, 0.4) is 0 Å².